The lowest BCUT2D eigenvalue weighted by Crippen LogP contribution is -2.14. The molecule has 0 saturated carbocycles. The Kier molecular flexibility index (Phi) is 5.25. The van der Waals surface area contributed by atoms with Gasteiger partial charge in [0.05, 0.1) is 16.3 Å². The van der Waals surface area contributed by atoms with Crippen LogP contribution in [0.1, 0.15) is 31.1 Å². The molecule has 5 heteroatoms. The highest BCUT2D eigenvalue weighted by Gasteiger charge is 2.22. The molecule has 0 amide bonds. The molecule has 0 saturated heterocycles. The summed E-state index contributed by atoms with van der Waals surface area (Å²) in [6, 6.07) is 20.2. The molecule has 0 aliphatic carbocycles. The van der Waals surface area contributed by atoms with Crippen molar-refractivity contribution in [1.29, 1.82) is 0 Å². The highest BCUT2D eigenvalue weighted by molar-refractivity contribution is 6.36. The third kappa shape index (κ3) is 3.15. The average Bonchev–Trinajstić information content (AvgIpc) is 2.70. The quantitative estimate of drug-likeness (QED) is 0.561. The lowest BCUT2D eigenvalue weighted by atomic mass is 10.0. The van der Waals surface area contributed by atoms with Crippen LogP contribution in [0.2, 0.25) is 5.02 Å². The van der Waals surface area contributed by atoms with E-state index in [4.69, 9.17) is 11.6 Å². The Balaban J connectivity index is 2.37. The Morgan fingerprint density at radius 2 is 1.19 bits per heavy atom. The lowest BCUT2D eigenvalue weighted by Gasteiger charge is -2.27. The van der Waals surface area contributed by atoms with Gasteiger partial charge in [-0.05, 0) is 30.3 Å². The van der Waals surface area contributed by atoms with Crippen molar-refractivity contribution in [3.05, 3.63) is 88.4 Å². The number of aldehydes is 3. The molecule has 3 aromatic carbocycles. The van der Waals surface area contributed by atoms with Gasteiger partial charge in [-0.2, -0.15) is 0 Å². The van der Waals surface area contributed by atoms with E-state index in [9.17, 15) is 14.4 Å². The predicted molar refractivity (Wildman–Crippen MR) is 102 cm³/mol. The molecule has 0 heterocycles. The number of carbonyl (C=O) groups is 3. The molecule has 128 valence electrons. The summed E-state index contributed by atoms with van der Waals surface area (Å²) in [5.74, 6) is 0. The van der Waals surface area contributed by atoms with Crippen molar-refractivity contribution >= 4 is 47.5 Å². The van der Waals surface area contributed by atoms with E-state index in [1.54, 1.807) is 4.90 Å². The molecule has 0 unspecified atom stereocenters. The van der Waals surface area contributed by atoms with Crippen molar-refractivity contribution in [2.45, 2.75) is 0 Å². The maximum atomic E-state index is 11.8. The van der Waals surface area contributed by atoms with Gasteiger partial charge < -0.3 is 4.90 Å². The number of para-hydroxylation sites is 2. The number of halogens is 1. The summed E-state index contributed by atoms with van der Waals surface area (Å²) in [5.41, 5.74) is 2.23. The van der Waals surface area contributed by atoms with Crippen LogP contribution in [0.15, 0.2) is 66.7 Å². The van der Waals surface area contributed by atoms with Gasteiger partial charge in [0, 0.05) is 22.5 Å². The van der Waals surface area contributed by atoms with E-state index >= 15 is 0 Å². The summed E-state index contributed by atoms with van der Waals surface area (Å²) in [6.07, 6.45) is 1.65. The normalized spacial score (nSPS) is 10.2. The van der Waals surface area contributed by atoms with Crippen molar-refractivity contribution in [1.82, 2.24) is 0 Å². The Bertz CT molecular complexity index is 916. The van der Waals surface area contributed by atoms with Gasteiger partial charge >= 0.3 is 0 Å². The average molecular weight is 364 g/mol. The van der Waals surface area contributed by atoms with Crippen LogP contribution in [0, 0.1) is 0 Å². The number of hydrogen-bond donors (Lipinski definition) is 0. The molecule has 3 rings (SSSR count). The van der Waals surface area contributed by atoms with Crippen LogP contribution in [0.5, 0.6) is 0 Å². The molecular weight excluding hydrogens is 350 g/mol. The zero-order valence-corrected chi connectivity index (χ0v) is 14.4. The maximum Gasteiger partial charge on any atom is 0.152 e. The van der Waals surface area contributed by atoms with Gasteiger partial charge in [0.25, 0.3) is 0 Å². The first-order valence-electron chi connectivity index (χ1n) is 7.83. The minimum absolute atomic E-state index is 0.00173. The minimum atomic E-state index is -0.0260. The smallest absolute Gasteiger partial charge is 0.152 e. The highest BCUT2D eigenvalue weighted by Crippen LogP contribution is 2.39. The molecule has 4 nitrogen and oxygen atoms in total. The molecule has 0 aromatic heterocycles. The second kappa shape index (κ2) is 7.76. The van der Waals surface area contributed by atoms with Gasteiger partial charge in [0.15, 0.2) is 18.9 Å². The van der Waals surface area contributed by atoms with Crippen molar-refractivity contribution in [2.75, 3.05) is 4.90 Å². The van der Waals surface area contributed by atoms with E-state index in [0.717, 1.165) is 11.4 Å². The van der Waals surface area contributed by atoms with Crippen molar-refractivity contribution in [2.24, 2.45) is 0 Å². The molecule has 0 spiro atoms. The number of nitrogens with zero attached hydrogens (tertiary/aromatic N) is 1. The number of carbonyl (C=O) groups excluding carboxylic acids is 3. The summed E-state index contributed by atoms with van der Waals surface area (Å²) < 4.78 is 0. The predicted octanol–water partition coefficient (Wildman–Crippen LogP) is 5.25. The molecule has 3 aromatic rings. The summed E-state index contributed by atoms with van der Waals surface area (Å²) in [6.45, 7) is 0. The molecule has 0 fully saturated rings. The maximum absolute atomic E-state index is 11.8. The molecule has 26 heavy (non-hydrogen) atoms. The van der Waals surface area contributed by atoms with Crippen LogP contribution in [0.4, 0.5) is 17.1 Å². The zero-order valence-electron chi connectivity index (χ0n) is 13.6. The molecular formula is C21H14ClNO3. The first-order chi connectivity index (χ1) is 12.7. The monoisotopic (exact) mass is 363 g/mol. The fourth-order valence-corrected chi connectivity index (χ4v) is 3.04. The van der Waals surface area contributed by atoms with Crippen molar-refractivity contribution in [3.63, 3.8) is 0 Å². The minimum Gasteiger partial charge on any atom is -0.310 e. The first kappa shape index (κ1) is 17.6. The van der Waals surface area contributed by atoms with Gasteiger partial charge in [-0.25, -0.2) is 0 Å². The van der Waals surface area contributed by atoms with Gasteiger partial charge in [-0.15, -0.1) is 0 Å². The van der Waals surface area contributed by atoms with Crippen molar-refractivity contribution < 1.29 is 14.4 Å². The summed E-state index contributed by atoms with van der Waals surface area (Å²) in [4.78, 5) is 36.6. The van der Waals surface area contributed by atoms with Crippen LogP contribution in [-0.4, -0.2) is 18.9 Å². The van der Waals surface area contributed by atoms with Crippen LogP contribution < -0.4 is 4.90 Å². The summed E-state index contributed by atoms with van der Waals surface area (Å²) in [5, 5.41) is -0.0260. The Labute approximate surface area is 155 Å². The highest BCUT2D eigenvalue weighted by atomic mass is 35.5. The molecule has 0 aliphatic rings. The molecule has 0 radical (unpaired) electrons. The Hall–Kier alpha value is -3.24. The number of benzene rings is 3. The number of anilines is 3. The van der Waals surface area contributed by atoms with E-state index in [-0.39, 0.29) is 21.7 Å². The number of rotatable bonds is 6. The van der Waals surface area contributed by atoms with E-state index in [1.807, 2.05) is 60.7 Å². The van der Waals surface area contributed by atoms with Gasteiger partial charge in [-0.3, -0.25) is 14.4 Å². The van der Waals surface area contributed by atoms with E-state index in [1.165, 1.54) is 6.07 Å². The molecule has 0 N–H and O–H groups in total. The second-order valence-electron chi connectivity index (χ2n) is 5.49. The second-order valence-corrected chi connectivity index (χ2v) is 5.86. The van der Waals surface area contributed by atoms with E-state index < -0.39 is 0 Å². The van der Waals surface area contributed by atoms with E-state index in [2.05, 4.69) is 0 Å². The molecule has 0 aliphatic heterocycles. The third-order valence-corrected chi connectivity index (χ3v) is 4.40. The largest absolute Gasteiger partial charge is 0.310 e. The lowest BCUT2D eigenvalue weighted by molar-refractivity contribution is 0.109. The van der Waals surface area contributed by atoms with Crippen LogP contribution >= 0.6 is 11.6 Å². The first-order valence-corrected chi connectivity index (χ1v) is 8.21. The van der Waals surface area contributed by atoms with Crippen LogP contribution in [0.25, 0.3) is 0 Å². The van der Waals surface area contributed by atoms with Gasteiger partial charge in [0.1, 0.15) is 0 Å². The fourth-order valence-electron chi connectivity index (χ4n) is 2.79. The van der Waals surface area contributed by atoms with Gasteiger partial charge in [0.2, 0.25) is 0 Å². The number of hydrogen-bond acceptors (Lipinski definition) is 4. The van der Waals surface area contributed by atoms with Crippen LogP contribution in [0.3, 0.4) is 0 Å². The third-order valence-electron chi connectivity index (χ3n) is 3.98. The summed E-state index contributed by atoms with van der Waals surface area (Å²) in [7, 11) is 0. The van der Waals surface area contributed by atoms with Crippen LogP contribution in [-0.2, 0) is 0 Å². The van der Waals surface area contributed by atoms with Crippen molar-refractivity contribution in [3.8, 4) is 0 Å². The Morgan fingerprint density at radius 3 is 1.62 bits per heavy atom. The Morgan fingerprint density at radius 1 is 0.692 bits per heavy atom. The fraction of sp³-hybridized carbons (Fsp3) is 0. The standard InChI is InChI=1S/C21H14ClNO3/c22-21-15(12-24)11-20(18(13-25)19(21)14-26)23(16-7-3-1-4-8-16)17-9-5-2-6-10-17/h1-14H. The topological polar surface area (TPSA) is 54.5 Å². The van der Waals surface area contributed by atoms with Gasteiger partial charge in [-0.1, -0.05) is 48.0 Å². The molecule has 0 atom stereocenters. The SMILES string of the molecule is O=Cc1cc(N(c2ccccc2)c2ccccc2)c(C=O)c(C=O)c1Cl. The summed E-state index contributed by atoms with van der Waals surface area (Å²) >= 11 is 6.12. The zero-order chi connectivity index (χ0) is 18.5. The van der Waals surface area contributed by atoms with E-state index in [0.29, 0.717) is 24.5 Å². The molecule has 0 bridgehead atoms.